The van der Waals surface area contributed by atoms with Gasteiger partial charge in [0.05, 0.1) is 5.33 Å². The minimum atomic E-state index is 0.267. The van der Waals surface area contributed by atoms with Crippen molar-refractivity contribution in [1.29, 1.82) is 0 Å². The molecule has 84 valence electrons. The molecule has 4 heteroatoms. The molecule has 0 bridgehead atoms. The normalized spacial score (nSPS) is 19.7. The van der Waals surface area contributed by atoms with Crippen LogP contribution in [0.2, 0.25) is 0 Å². The van der Waals surface area contributed by atoms with Crippen molar-refractivity contribution < 1.29 is 0 Å². The maximum absolute atomic E-state index is 4.39. The van der Waals surface area contributed by atoms with Crippen LogP contribution >= 0.6 is 15.9 Å². The van der Waals surface area contributed by atoms with E-state index in [0.29, 0.717) is 0 Å². The minimum absolute atomic E-state index is 0.267. The van der Waals surface area contributed by atoms with Crippen molar-refractivity contribution >= 4 is 15.9 Å². The quantitative estimate of drug-likeness (QED) is 0.792. The van der Waals surface area contributed by atoms with Crippen molar-refractivity contribution in [3.05, 3.63) is 11.6 Å². The molecule has 0 amide bonds. The summed E-state index contributed by atoms with van der Waals surface area (Å²) in [5, 5.41) is 9.45. The molecule has 1 aromatic heterocycles. The van der Waals surface area contributed by atoms with Gasteiger partial charge in [0.1, 0.15) is 11.6 Å². The van der Waals surface area contributed by atoms with Crippen LogP contribution in [0, 0.1) is 0 Å². The van der Waals surface area contributed by atoms with Gasteiger partial charge < -0.3 is 4.57 Å². The van der Waals surface area contributed by atoms with Crippen molar-refractivity contribution in [2.45, 2.75) is 56.8 Å². The summed E-state index contributed by atoms with van der Waals surface area (Å²) >= 11 is 3.47. The van der Waals surface area contributed by atoms with E-state index in [1.807, 2.05) is 0 Å². The number of rotatable bonds is 3. The summed E-state index contributed by atoms with van der Waals surface area (Å²) in [4.78, 5) is 0. The van der Waals surface area contributed by atoms with E-state index in [0.717, 1.165) is 17.7 Å². The number of hydrogen-bond acceptors (Lipinski definition) is 2. The second-order valence-corrected chi connectivity index (χ2v) is 5.15. The van der Waals surface area contributed by atoms with Gasteiger partial charge in [-0.3, -0.25) is 0 Å². The minimum Gasteiger partial charge on any atom is -0.314 e. The highest BCUT2D eigenvalue weighted by Crippen LogP contribution is 2.39. The molecule has 1 saturated carbocycles. The molecule has 0 unspecified atom stereocenters. The van der Waals surface area contributed by atoms with Crippen molar-refractivity contribution in [2.24, 2.45) is 0 Å². The Kier molecular flexibility index (Phi) is 3.14. The van der Waals surface area contributed by atoms with Crippen LogP contribution in [-0.2, 0) is 17.3 Å². The molecule has 1 aromatic rings. The van der Waals surface area contributed by atoms with Crippen LogP contribution in [0.4, 0.5) is 0 Å². The summed E-state index contributed by atoms with van der Waals surface area (Å²) in [6.45, 7) is 5.46. The van der Waals surface area contributed by atoms with E-state index in [2.05, 4.69) is 44.5 Å². The molecule has 1 aliphatic carbocycles. The van der Waals surface area contributed by atoms with E-state index in [1.165, 1.54) is 31.5 Å². The van der Waals surface area contributed by atoms with E-state index in [-0.39, 0.29) is 5.41 Å². The first-order valence-electron chi connectivity index (χ1n) is 5.70. The van der Waals surface area contributed by atoms with Crippen LogP contribution in [-0.4, -0.2) is 14.8 Å². The highest BCUT2D eigenvalue weighted by Gasteiger charge is 2.35. The molecule has 0 radical (unpaired) electrons. The second kappa shape index (κ2) is 4.24. The van der Waals surface area contributed by atoms with E-state index < -0.39 is 0 Å². The Labute approximate surface area is 99.4 Å². The van der Waals surface area contributed by atoms with E-state index >= 15 is 0 Å². The first kappa shape index (κ1) is 11.1. The van der Waals surface area contributed by atoms with Crippen LogP contribution in [0.3, 0.4) is 0 Å². The molecule has 0 N–H and O–H groups in total. The van der Waals surface area contributed by atoms with E-state index in [4.69, 9.17) is 0 Å². The summed E-state index contributed by atoms with van der Waals surface area (Å²) in [6, 6.07) is 0. The third kappa shape index (κ3) is 1.84. The van der Waals surface area contributed by atoms with Gasteiger partial charge in [0.2, 0.25) is 0 Å². The molecule has 0 atom stereocenters. The topological polar surface area (TPSA) is 30.7 Å². The summed E-state index contributed by atoms with van der Waals surface area (Å²) in [5.74, 6) is 2.25. The van der Waals surface area contributed by atoms with Gasteiger partial charge in [-0.15, -0.1) is 10.2 Å². The summed E-state index contributed by atoms with van der Waals surface area (Å²) in [7, 11) is 0. The van der Waals surface area contributed by atoms with Crippen LogP contribution < -0.4 is 0 Å². The highest BCUT2D eigenvalue weighted by atomic mass is 79.9. The predicted molar refractivity (Wildman–Crippen MR) is 64.1 cm³/mol. The fourth-order valence-electron chi connectivity index (χ4n) is 2.59. The van der Waals surface area contributed by atoms with Crippen LogP contribution in [0.1, 0.15) is 51.2 Å². The average molecular weight is 272 g/mol. The van der Waals surface area contributed by atoms with Gasteiger partial charge in [0.25, 0.3) is 0 Å². The van der Waals surface area contributed by atoms with Gasteiger partial charge in [-0.1, -0.05) is 35.7 Å². The standard InChI is InChI=1S/C11H18BrN3/c1-3-15-9(8-12)13-14-10(15)11(2)6-4-5-7-11/h3-8H2,1-2H3. The monoisotopic (exact) mass is 271 g/mol. The lowest BCUT2D eigenvalue weighted by molar-refractivity contribution is 0.431. The van der Waals surface area contributed by atoms with Gasteiger partial charge in [-0.05, 0) is 19.8 Å². The van der Waals surface area contributed by atoms with Gasteiger partial charge >= 0.3 is 0 Å². The van der Waals surface area contributed by atoms with Gasteiger partial charge in [0.15, 0.2) is 0 Å². The number of aromatic nitrogens is 3. The lowest BCUT2D eigenvalue weighted by atomic mass is 9.88. The lowest BCUT2D eigenvalue weighted by Gasteiger charge is -2.23. The fraction of sp³-hybridized carbons (Fsp3) is 0.818. The Morgan fingerprint density at radius 2 is 2.00 bits per heavy atom. The van der Waals surface area contributed by atoms with Gasteiger partial charge in [-0.2, -0.15) is 0 Å². The van der Waals surface area contributed by atoms with Gasteiger partial charge in [-0.25, -0.2) is 0 Å². The maximum Gasteiger partial charge on any atom is 0.143 e. The van der Waals surface area contributed by atoms with Crippen molar-refractivity contribution in [3.63, 3.8) is 0 Å². The first-order valence-corrected chi connectivity index (χ1v) is 6.82. The number of halogens is 1. The first-order chi connectivity index (χ1) is 7.21. The highest BCUT2D eigenvalue weighted by molar-refractivity contribution is 9.08. The largest absolute Gasteiger partial charge is 0.314 e. The van der Waals surface area contributed by atoms with Crippen LogP contribution in [0.25, 0.3) is 0 Å². The van der Waals surface area contributed by atoms with Crippen molar-refractivity contribution in [1.82, 2.24) is 14.8 Å². The second-order valence-electron chi connectivity index (χ2n) is 4.59. The number of alkyl halides is 1. The molecule has 1 aliphatic rings. The van der Waals surface area contributed by atoms with Crippen molar-refractivity contribution in [2.75, 3.05) is 0 Å². The zero-order valence-electron chi connectivity index (χ0n) is 9.46. The lowest BCUT2D eigenvalue weighted by Crippen LogP contribution is -2.23. The molecule has 0 aliphatic heterocycles. The van der Waals surface area contributed by atoms with Crippen LogP contribution in [0.5, 0.6) is 0 Å². The summed E-state index contributed by atoms with van der Waals surface area (Å²) in [6.07, 6.45) is 5.17. The number of hydrogen-bond donors (Lipinski definition) is 0. The molecule has 0 aromatic carbocycles. The number of nitrogens with zero attached hydrogens (tertiary/aromatic N) is 3. The van der Waals surface area contributed by atoms with E-state index in [9.17, 15) is 0 Å². The molecular formula is C11H18BrN3. The summed E-state index contributed by atoms with van der Waals surface area (Å²) < 4.78 is 2.26. The summed E-state index contributed by atoms with van der Waals surface area (Å²) in [5.41, 5.74) is 0.267. The molecular weight excluding hydrogens is 254 g/mol. The zero-order chi connectivity index (χ0) is 10.9. The Bertz CT molecular complexity index is 340. The third-order valence-electron chi connectivity index (χ3n) is 3.51. The third-order valence-corrected chi connectivity index (χ3v) is 4.01. The molecule has 1 fully saturated rings. The SMILES string of the molecule is CCn1c(CBr)nnc1C1(C)CCCC1. The smallest absolute Gasteiger partial charge is 0.143 e. The van der Waals surface area contributed by atoms with Crippen LogP contribution in [0.15, 0.2) is 0 Å². The molecule has 3 nitrogen and oxygen atoms in total. The van der Waals surface area contributed by atoms with Crippen molar-refractivity contribution in [3.8, 4) is 0 Å². The van der Waals surface area contributed by atoms with Gasteiger partial charge in [0, 0.05) is 12.0 Å². The Morgan fingerprint density at radius 3 is 2.53 bits per heavy atom. The molecule has 0 saturated heterocycles. The Morgan fingerprint density at radius 1 is 1.33 bits per heavy atom. The fourth-order valence-corrected chi connectivity index (χ4v) is 3.01. The Balaban J connectivity index is 2.38. The Hall–Kier alpha value is -0.380. The van der Waals surface area contributed by atoms with E-state index in [1.54, 1.807) is 0 Å². The maximum atomic E-state index is 4.39. The molecule has 0 spiro atoms. The molecule has 2 rings (SSSR count). The predicted octanol–water partition coefficient (Wildman–Crippen LogP) is 3.02. The average Bonchev–Trinajstić information content (AvgIpc) is 2.83. The zero-order valence-corrected chi connectivity index (χ0v) is 11.0. The molecule has 15 heavy (non-hydrogen) atoms. The molecule has 1 heterocycles.